The summed E-state index contributed by atoms with van der Waals surface area (Å²) < 4.78 is 22.8. The molecule has 1 fully saturated rings. The van der Waals surface area contributed by atoms with Crippen molar-refractivity contribution in [3.8, 4) is 0 Å². The van der Waals surface area contributed by atoms with Gasteiger partial charge in [-0.05, 0) is 37.0 Å². The first-order chi connectivity index (χ1) is 7.78. The molecule has 3 nitrogen and oxygen atoms in total. The van der Waals surface area contributed by atoms with Gasteiger partial charge in [-0.1, -0.05) is 27.2 Å². The SMILES string of the molecule is CCS(=O)(=O)CCCC(N)C1CCCC1(C)C. The van der Waals surface area contributed by atoms with Crippen molar-refractivity contribution in [3.63, 3.8) is 0 Å². The highest BCUT2D eigenvalue weighted by atomic mass is 32.2. The van der Waals surface area contributed by atoms with Crippen LogP contribution in [0.1, 0.15) is 52.9 Å². The Hall–Kier alpha value is -0.0900. The molecule has 1 aliphatic carbocycles. The molecule has 1 saturated carbocycles. The summed E-state index contributed by atoms with van der Waals surface area (Å²) in [5.41, 5.74) is 6.57. The summed E-state index contributed by atoms with van der Waals surface area (Å²) in [6, 6.07) is 0.166. The van der Waals surface area contributed by atoms with E-state index in [-0.39, 0.29) is 11.8 Å². The van der Waals surface area contributed by atoms with Crippen molar-refractivity contribution in [2.24, 2.45) is 17.1 Å². The molecule has 0 aromatic rings. The Kier molecular flexibility index (Phi) is 5.02. The third-order valence-corrected chi connectivity index (χ3v) is 6.08. The summed E-state index contributed by atoms with van der Waals surface area (Å²) in [4.78, 5) is 0. The van der Waals surface area contributed by atoms with Crippen molar-refractivity contribution in [1.82, 2.24) is 0 Å². The molecular weight excluding hydrogens is 234 g/mol. The molecular formula is C13H27NO2S. The highest BCUT2D eigenvalue weighted by molar-refractivity contribution is 7.91. The van der Waals surface area contributed by atoms with Crippen molar-refractivity contribution in [3.05, 3.63) is 0 Å². The van der Waals surface area contributed by atoms with Gasteiger partial charge in [-0.3, -0.25) is 0 Å². The fourth-order valence-corrected chi connectivity index (χ4v) is 3.93. The van der Waals surface area contributed by atoms with Gasteiger partial charge >= 0.3 is 0 Å². The smallest absolute Gasteiger partial charge is 0.150 e. The minimum absolute atomic E-state index is 0.166. The van der Waals surface area contributed by atoms with E-state index in [9.17, 15) is 8.42 Å². The van der Waals surface area contributed by atoms with Gasteiger partial charge in [-0.2, -0.15) is 0 Å². The predicted octanol–water partition coefficient (Wildman–Crippen LogP) is 2.35. The van der Waals surface area contributed by atoms with Crippen molar-refractivity contribution < 1.29 is 8.42 Å². The molecule has 4 heteroatoms. The summed E-state index contributed by atoms with van der Waals surface area (Å²) in [6.45, 7) is 6.27. The Bertz CT molecular complexity index is 335. The largest absolute Gasteiger partial charge is 0.327 e. The number of sulfone groups is 1. The van der Waals surface area contributed by atoms with Gasteiger partial charge in [0.25, 0.3) is 0 Å². The van der Waals surface area contributed by atoms with E-state index in [0.29, 0.717) is 23.5 Å². The van der Waals surface area contributed by atoms with Gasteiger partial charge in [0.1, 0.15) is 9.84 Å². The zero-order chi connectivity index (χ0) is 13.1. The second-order valence-electron chi connectivity index (χ2n) is 6.03. The fraction of sp³-hybridized carbons (Fsp3) is 1.00. The number of hydrogen-bond donors (Lipinski definition) is 1. The summed E-state index contributed by atoms with van der Waals surface area (Å²) in [5, 5.41) is 0. The average molecular weight is 261 g/mol. The highest BCUT2D eigenvalue weighted by Crippen LogP contribution is 2.44. The van der Waals surface area contributed by atoms with Crippen LogP contribution in [0.15, 0.2) is 0 Å². The summed E-state index contributed by atoms with van der Waals surface area (Å²) >= 11 is 0. The number of rotatable bonds is 6. The lowest BCUT2D eigenvalue weighted by Gasteiger charge is -2.32. The molecule has 0 aromatic heterocycles. The fourth-order valence-electron chi connectivity index (χ4n) is 3.03. The van der Waals surface area contributed by atoms with E-state index in [0.717, 1.165) is 6.42 Å². The predicted molar refractivity (Wildman–Crippen MR) is 72.7 cm³/mol. The molecule has 2 unspecified atom stereocenters. The molecule has 2 N–H and O–H groups in total. The van der Waals surface area contributed by atoms with Gasteiger partial charge < -0.3 is 5.73 Å². The zero-order valence-electron chi connectivity index (χ0n) is 11.4. The van der Waals surface area contributed by atoms with Crippen molar-refractivity contribution >= 4 is 9.84 Å². The molecule has 0 spiro atoms. The number of hydrogen-bond acceptors (Lipinski definition) is 3. The molecule has 17 heavy (non-hydrogen) atoms. The molecule has 0 amide bonds. The lowest BCUT2D eigenvalue weighted by atomic mass is 9.77. The standard InChI is InChI=1S/C13H27NO2S/c1-4-17(15,16)10-6-8-12(14)11-7-5-9-13(11,2)3/h11-12H,4-10,14H2,1-3H3. The van der Waals surface area contributed by atoms with Crippen LogP contribution in [0.2, 0.25) is 0 Å². The normalized spacial score (nSPS) is 26.0. The van der Waals surface area contributed by atoms with Crippen molar-refractivity contribution in [1.29, 1.82) is 0 Å². The van der Waals surface area contributed by atoms with Gasteiger partial charge in [-0.15, -0.1) is 0 Å². The van der Waals surface area contributed by atoms with Gasteiger partial charge in [-0.25, -0.2) is 8.42 Å². The maximum atomic E-state index is 11.4. The lowest BCUT2D eigenvalue weighted by Crippen LogP contribution is -2.36. The van der Waals surface area contributed by atoms with Crippen LogP contribution in [0, 0.1) is 11.3 Å². The van der Waals surface area contributed by atoms with E-state index >= 15 is 0 Å². The molecule has 1 aliphatic rings. The zero-order valence-corrected chi connectivity index (χ0v) is 12.2. The van der Waals surface area contributed by atoms with Gasteiger partial charge in [0, 0.05) is 11.8 Å². The Labute approximate surface area is 106 Å². The third-order valence-electron chi connectivity index (χ3n) is 4.29. The lowest BCUT2D eigenvalue weighted by molar-refractivity contribution is 0.214. The van der Waals surface area contributed by atoms with Crippen LogP contribution < -0.4 is 5.73 Å². The van der Waals surface area contributed by atoms with Crippen molar-refractivity contribution in [2.75, 3.05) is 11.5 Å². The highest BCUT2D eigenvalue weighted by Gasteiger charge is 2.37. The molecule has 0 heterocycles. The van der Waals surface area contributed by atoms with Crippen molar-refractivity contribution in [2.45, 2.75) is 58.9 Å². The first kappa shape index (κ1) is 15.0. The van der Waals surface area contributed by atoms with Gasteiger partial charge in [0.2, 0.25) is 0 Å². The molecule has 0 radical (unpaired) electrons. The Balaban J connectivity index is 2.38. The van der Waals surface area contributed by atoms with Gasteiger partial charge in [0.05, 0.1) is 5.75 Å². The molecule has 0 aromatic carbocycles. The van der Waals surface area contributed by atoms with E-state index in [2.05, 4.69) is 13.8 Å². The molecule has 2 atom stereocenters. The molecule has 1 rings (SSSR count). The quantitative estimate of drug-likeness (QED) is 0.798. The maximum Gasteiger partial charge on any atom is 0.150 e. The van der Waals surface area contributed by atoms with Crippen LogP contribution >= 0.6 is 0 Å². The average Bonchev–Trinajstić information content (AvgIpc) is 2.57. The summed E-state index contributed by atoms with van der Waals surface area (Å²) in [6.07, 6.45) is 5.27. The second kappa shape index (κ2) is 5.70. The Morgan fingerprint density at radius 2 is 2.06 bits per heavy atom. The first-order valence-corrected chi connectivity index (χ1v) is 8.56. The number of nitrogens with two attached hydrogens (primary N) is 1. The molecule has 102 valence electrons. The van der Waals surface area contributed by atoms with E-state index < -0.39 is 9.84 Å². The van der Waals surface area contributed by atoms with E-state index in [1.54, 1.807) is 6.92 Å². The minimum Gasteiger partial charge on any atom is -0.327 e. The Morgan fingerprint density at radius 1 is 1.41 bits per heavy atom. The minimum atomic E-state index is -2.82. The van der Waals surface area contributed by atoms with Crippen LogP contribution in [-0.4, -0.2) is 26.0 Å². The van der Waals surface area contributed by atoms with Gasteiger partial charge in [0.15, 0.2) is 0 Å². The first-order valence-electron chi connectivity index (χ1n) is 6.74. The van der Waals surface area contributed by atoms with Crippen LogP contribution in [0.3, 0.4) is 0 Å². The second-order valence-corrected chi connectivity index (χ2v) is 8.50. The van der Waals surface area contributed by atoms with Crippen LogP contribution in [0.25, 0.3) is 0 Å². The molecule has 0 bridgehead atoms. The van der Waals surface area contributed by atoms with E-state index in [1.807, 2.05) is 0 Å². The Morgan fingerprint density at radius 3 is 2.53 bits per heavy atom. The van der Waals surface area contributed by atoms with Crippen LogP contribution in [0.4, 0.5) is 0 Å². The third kappa shape index (κ3) is 4.25. The summed E-state index contributed by atoms with van der Waals surface area (Å²) in [5.74, 6) is 1.11. The van der Waals surface area contributed by atoms with Crippen LogP contribution in [0.5, 0.6) is 0 Å². The van der Waals surface area contributed by atoms with E-state index in [4.69, 9.17) is 5.73 Å². The van der Waals surface area contributed by atoms with Crippen LogP contribution in [-0.2, 0) is 9.84 Å². The maximum absolute atomic E-state index is 11.4. The topological polar surface area (TPSA) is 60.2 Å². The molecule has 0 aliphatic heterocycles. The summed E-state index contributed by atoms with van der Waals surface area (Å²) in [7, 11) is -2.82. The monoisotopic (exact) mass is 261 g/mol. The molecule has 0 saturated heterocycles. The van der Waals surface area contributed by atoms with E-state index in [1.165, 1.54) is 19.3 Å².